The SMILES string of the molecule is CC(=O)OC(C)(C)C(=O)c1ccccc1C#N. The number of ketones is 1. The van der Waals surface area contributed by atoms with E-state index in [0.29, 0.717) is 0 Å². The Bertz CT molecular complexity index is 498. The lowest BCUT2D eigenvalue weighted by Crippen LogP contribution is -2.37. The molecule has 0 atom stereocenters. The number of hydrogen-bond acceptors (Lipinski definition) is 4. The van der Waals surface area contributed by atoms with Crippen LogP contribution in [0.2, 0.25) is 0 Å². The Labute approximate surface area is 99.8 Å². The molecule has 0 aliphatic rings. The van der Waals surface area contributed by atoms with E-state index in [1.165, 1.54) is 20.8 Å². The molecule has 1 aromatic rings. The van der Waals surface area contributed by atoms with Crippen molar-refractivity contribution in [2.45, 2.75) is 26.4 Å². The summed E-state index contributed by atoms with van der Waals surface area (Å²) < 4.78 is 4.96. The Kier molecular flexibility index (Phi) is 3.64. The van der Waals surface area contributed by atoms with Crippen LogP contribution in [-0.2, 0) is 9.53 Å². The van der Waals surface area contributed by atoms with Gasteiger partial charge in [0.05, 0.1) is 11.6 Å². The molecule has 0 saturated carbocycles. The van der Waals surface area contributed by atoms with Gasteiger partial charge in [0.25, 0.3) is 0 Å². The van der Waals surface area contributed by atoms with E-state index in [-0.39, 0.29) is 16.9 Å². The van der Waals surface area contributed by atoms with E-state index in [4.69, 9.17) is 10.00 Å². The maximum absolute atomic E-state index is 12.2. The molecule has 1 aromatic carbocycles. The van der Waals surface area contributed by atoms with Crippen molar-refractivity contribution in [1.82, 2.24) is 0 Å². The quantitative estimate of drug-likeness (QED) is 0.590. The number of rotatable bonds is 3. The monoisotopic (exact) mass is 231 g/mol. The molecule has 0 aliphatic heterocycles. The summed E-state index contributed by atoms with van der Waals surface area (Å²) in [6.45, 7) is 4.25. The van der Waals surface area contributed by atoms with Crippen molar-refractivity contribution in [2.24, 2.45) is 0 Å². The van der Waals surface area contributed by atoms with Crippen LogP contribution in [0.4, 0.5) is 0 Å². The second-order valence-corrected chi connectivity index (χ2v) is 4.09. The van der Waals surface area contributed by atoms with Crippen molar-refractivity contribution in [3.8, 4) is 6.07 Å². The van der Waals surface area contributed by atoms with E-state index in [1.807, 2.05) is 6.07 Å². The predicted octanol–water partition coefficient (Wildman–Crippen LogP) is 2.08. The maximum atomic E-state index is 12.2. The third-order valence-corrected chi connectivity index (χ3v) is 2.24. The molecule has 0 bridgehead atoms. The summed E-state index contributed by atoms with van der Waals surface area (Å²) in [6, 6.07) is 8.38. The Morgan fingerprint density at radius 1 is 1.29 bits per heavy atom. The van der Waals surface area contributed by atoms with Crippen molar-refractivity contribution in [2.75, 3.05) is 0 Å². The summed E-state index contributed by atoms with van der Waals surface area (Å²) in [5.41, 5.74) is -0.724. The number of hydrogen-bond donors (Lipinski definition) is 0. The van der Waals surface area contributed by atoms with Crippen molar-refractivity contribution in [3.05, 3.63) is 35.4 Å². The molecule has 0 spiro atoms. The molecular formula is C13H13NO3. The molecule has 1 rings (SSSR count). The molecule has 0 saturated heterocycles. The molecular weight excluding hydrogens is 218 g/mol. The summed E-state index contributed by atoms with van der Waals surface area (Å²) in [5, 5.41) is 8.90. The highest BCUT2D eigenvalue weighted by Gasteiger charge is 2.33. The predicted molar refractivity (Wildman–Crippen MR) is 61.3 cm³/mol. The Balaban J connectivity index is 3.13. The fraction of sp³-hybridized carbons (Fsp3) is 0.308. The number of benzene rings is 1. The number of carbonyl (C=O) groups excluding carboxylic acids is 2. The third kappa shape index (κ3) is 2.91. The van der Waals surface area contributed by atoms with Gasteiger partial charge < -0.3 is 4.74 Å². The average molecular weight is 231 g/mol. The molecule has 88 valence electrons. The molecule has 0 radical (unpaired) electrons. The third-order valence-electron chi connectivity index (χ3n) is 2.24. The van der Waals surface area contributed by atoms with E-state index in [0.717, 1.165) is 0 Å². The van der Waals surface area contributed by atoms with Gasteiger partial charge in [0.1, 0.15) is 0 Å². The summed E-state index contributed by atoms with van der Waals surface area (Å²) in [7, 11) is 0. The van der Waals surface area contributed by atoms with Gasteiger partial charge in [-0.15, -0.1) is 0 Å². The number of ether oxygens (including phenoxy) is 1. The van der Waals surface area contributed by atoms with Crippen LogP contribution in [0.3, 0.4) is 0 Å². The number of nitrogens with zero attached hydrogens (tertiary/aromatic N) is 1. The van der Waals surface area contributed by atoms with Crippen molar-refractivity contribution in [1.29, 1.82) is 5.26 Å². The highest BCUT2D eigenvalue weighted by atomic mass is 16.6. The second-order valence-electron chi connectivity index (χ2n) is 4.09. The molecule has 0 amide bonds. The van der Waals surface area contributed by atoms with Crippen molar-refractivity contribution < 1.29 is 14.3 Å². The van der Waals surface area contributed by atoms with Crippen LogP contribution in [0.1, 0.15) is 36.7 Å². The Morgan fingerprint density at radius 2 is 1.88 bits per heavy atom. The average Bonchev–Trinajstić information content (AvgIpc) is 2.26. The first-order valence-electron chi connectivity index (χ1n) is 5.12. The molecule has 4 heteroatoms. The van der Waals surface area contributed by atoms with Gasteiger partial charge in [-0.25, -0.2) is 0 Å². The van der Waals surface area contributed by atoms with Gasteiger partial charge >= 0.3 is 5.97 Å². The zero-order valence-corrected chi connectivity index (χ0v) is 9.98. The minimum atomic E-state index is -1.27. The number of carbonyl (C=O) groups is 2. The minimum Gasteiger partial charge on any atom is -0.451 e. The summed E-state index contributed by atoms with van der Waals surface area (Å²) in [5.74, 6) is -0.914. The van der Waals surface area contributed by atoms with Gasteiger partial charge in [0.15, 0.2) is 5.60 Å². The molecule has 0 unspecified atom stereocenters. The smallest absolute Gasteiger partial charge is 0.303 e. The second kappa shape index (κ2) is 4.79. The summed E-state index contributed by atoms with van der Waals surface area (Å²) in [6.07, 6.45) is 0. The van der Waals surface area contributed by atoms with E-state index in [1.54, 1.807) is 24.3 Å². The fourth-order valence-electron chi connectivity index (χ4n) is 1.51. The highest BCUT2D eigenvalue weighted by molar-refractivity contribution is 6.04. The molecule has 0 fully saturated rings. The van der Waals surface area contributed by atoms with E-state index >= 15 is 0 Å². The maximum Gasteiger partial charge on any atom is 0.303 e. The van der Waals surface area contributed by atoms with E-state index in [2.05, 4.69) is 0 Å². The van der Waals surface area contributed by atoms with Crippen LogP contribution in [0.25, 0.3) is 0 Å². The number of Topliss-reactive ketones (excluding diaryl/α,β-unsaturated/α-hetero) is 1. The fourth-order valence-corrected chi connectivity index (χ4v) is 1.51. The van der Waals surface area contributed by atoms with Gasteiger partial charge in [-0.2, -0.15) is 5.26 Å². The lowest BCUT2D eigenvalue weighted by molar-refractivity contribution is -0.149. The van der Waals surface area contributed by atoms with Gasteiger partial charge in [0, 0.05) is 12.5 Å². The molecule has 0 aliphatic carbocycles. The largest absolute Gasteiger partial charge is 0.451 e. The summed E-state index contributed by atoms with van der Waals surface area (Å²) in [4.78, 5) is 23.1. The number of nitriles is 1. The minimum absolute atomic E-state index is 0.265. The van der Waals surface area contributed by atoms with Crippen LogP contribution in [0.5, 0.6) is 0 Å². The lowest BCUT2D eigenvalue weighted by Gasteiger charge is -2.23. The Morgan fingerprint density at radius 3 is 2.41 bits per heavy atom. The van der Waals surface area contributed by atoms with Crippen molar-refractivity contribution in [3.63, 3.8) is 0 Å². The van der Waals surface area contributed by atoms with Crippen LogP contribution in [0, 0.1) is 11.3 Å². The lowest BCUT2D eigenvalue weighted by atomic mass is 9.93. The van der Waals surface area contributed by atoms with Gasteiger partial charge in [-0.3, -0.25) is 9.59 Å². The van der Waals surface area contributed by atoms with Crippen LogP contribution < -0.4 is 0 Å². The zero-order chi connectivity index (χ0) is 13.1. The van der Waals surface area contributed by atoms with Crippen molar-refractivity contribution >= 4 is 11.8 Å². The van der Waals surface area contributed by atoms with Gasteiger partial charge in [0.2, 0.25) is 5.78 Å². The number of esters is 1. The highest BCUT2D eigenvalue weighted by Crippen LogP contribution is 2.20. The van der Waals surface area contributed by atoms with E-state index in [9.17, 15) is 9.59 Å². The van der Waals surface area contributed by atoms with Gasteiger partial charge in [-0.05, 0) is 26.0 Å². The molecule has 0 aromatic heterocycles. The Hall–Kier alpha value is -2.15. The molecule has 0 N–H and O–H groups in total. The first-order chi connectivity index (χ1) is 7.88. The standard InChI is InChI=1S/C13H13NO3/c1-9(15)17-13(2,3)12(16)11-7-5-4-6-10(11)8-14/h4-7H,1-3H3. The van der Waals surface area contributed by atoms with Crippen LogP contribution in [-0.4, -0.2) is 17.4 Å². The topological polar surface area (TPSA) is 67.2 Å². The van der Waals surface area contributed by atoms with E-state index < -0.39 is 11.6 Å². The normalized spacial score (nSPS) is 10.5. The molecule has 0 heterocycles. The first kappa shape index (κ1) is 12.9. The van der Waals surface area contributed by atoms with Crippen LogP contribution in [0.15, 0.2) is 24.3 Å². The summed E-state index contributed by atoms with van der Waals surface area (Å²) >= 11 is 0. The molecule has 4 nitrogen and oxygen atoms in total. The van der Waals surface area contributed by atoms with Crippen LogP contribution >= 0.6 is 0 Å². The van der Waals surface area contributed by atoms with Gasteiger partial charge in [-0.1, -0.05) is 12.1 Å². The zero-order valence-electron chi connectivity index (χ0n) is 9.98. The first-order valence-corrected chi connectivity index (χ1v) is 5.12. The molecule has 17 heavy (non-hydrogen) atoms.